The minimum Gasteiger partial charge on any atom is -0.347 e. The first kappa shape index (κ1) is 17.8. The van der Waals surface area contributed by atoms with Crippen molar-refractivity contribution < 1.29 is 4.79 Å². The number of carbonyl (C=O) groups excluding carboxylic acids is 1. The third-order valence-electron chi connectivity index (χ3n) is 4.28. The van der Waals surface area contributed by atoms with Crippen LogP contribution in [0.3, 0.4) is 0 Å². The molecule has 0 spiro atoms. The zero-order valence-corrected chi connectivity index (χ0v) is 15.1. The topological polar surface area (TPSA) is 54.9 Å². The van der Waals surface area contributed by atoms with Crippen LogP contribution >= 0.6 is 0 Å². The lowest BCUT2D eigenvalue weighted by Crippen LogP contribution is -2.31. The fourth-order valence-corrected chi connectivity index (χ4v) is 2.81. The zero-order chi connectivity index (χ0) is 18.4. The second-order valence-electron chi connectivity index (χ2n) is 6.55. The lowest BCUT2D eigenvalue weighted by molar-refractivity contribution is -0.121. The van der Waals surface area contributed by atoms with E-state index in [0.717, 1.165) is 17.0 Å². The van der Waals surface area contributed by atoms with Crippen molar-refractivity contribution in [3.05, 3.63) is 95.1 Å². The number of nitrogens with zero attached hydrogens (tertiary/aromatic N) is 2. The Labute approximate surface area is 154 Å². The van der Waals surface area contributed by atoms with Gasteiger partial charge in [0.2, 0.25) is 5.91 Å². The van der Waals surface area contributed by atoms with Crippen LogP contribution in [0, 0.1) is 13.8 Å². The maximum atomic E-state index is 12.6. The number of aromatic nitrogens is 2. The smallest absolute Gasteiger partial charge is 0.225 e. The van der Waals surface area contributed by atoms with E-state index in [9.17, 15) is 4.79 Å². The Balaban J connectivity index is 1.73. The van der Waals surface area contributed by atoms with E-state index < -0.39 is 0 Å². The van der Waals surface area contributed by atoms with Gasteiger partial charge in [-0.2, -0.15) is 0 Å². The monoisotopic (exact) mass is 345 g/mol. The molecule has 3 aromatic rings. The molecule has 26 heavy (non-hydrogen) atoms. The Kier molecular flexibility index (Phi) is 5.74. The molecule has 0 radical (unpaired) electrons. The van der Waals surface area contributed by atoms with Crippen LogP contribution in [0.2, 0.25) is 0 Å². The van der Waals surface area contributed by atoms with Crippen LogP contribution in [0.1, 0.15) is 34.1 Å². The van der Waals surface area contributed by atoms with Gasteiger partial charge < -0.3 is 5.32 Å². The molecular weight excluding hydrogens is 322 g/mol. The first-order chi connectivity index (χ1) is 12.6. The van der Waals surface area contributed by atoms with E-state index in [4.69, 9.17) is 0 Å². The molecule has 1 atom stereocenters. The summed E-state index contributed by atoms with van der Waals surface area (Å²) in [7, 11) is 0. The van der Waals surface area contributed by atoms with Gasteiger partial charge in [-0.25, -0.2) is 0 Å². The molecule has 1 N–H and O–H groups in total. The third-order valence-corrected chi connectivity index (χ3v) is 4.28. The number of aryl methyl sites for hydroxylation is 2. The normalized spacial score (nSPS) is 11.8. The van der Waals surface area contributed by atoms with Crippen LogP contribution in [-0.4, -0.2) is 15.9 Å². The molecule has 0 aliphatic rings. The second kappa shape index (κ2) is 8.39. The highest BCUT2D eigenvalue weighted by Gasteiger charge is 2.17. The molecule has 132 valence electrons. The van der Waals surface area contributed by atoms with Crippen molar-refractivity contribution in [1.82, 2.24) is 15.3 Å². The maximum absolute atomic E-state index is 12.6. The highest BCUT2D eigenvalue weighted by molar-refractivity contribution is 5.78. The number of amides is 1. The number of rotatable bonds is 6. The van der Waals surface area contributed by atoms with E-state index in [1.165, 1.54) is 11.1 Å². The van der Waals surface area contributed by atoms with Crippen LogP contribution < -0.4 is 5.32 Å². The van der Waals surface area contributed by atoms with E-state index in [1.54, 1.807) is 12.4 Å². The summed E-state index contributed by atoms with van der Waals surface area (Å²) in [4.78, 5) is 21.2. The average Bonchev–Trinajstić information content (AvgIpc) is 2.65. The predicted octanol–water partition coefficient (Wildman–Crippen LogP) is 3.74. The first-order valence-electron chi connectivity index (χ1n) is 8.77. The first-order valence-corrected chi connectivity index (χ1v) is 8.77. The van der Waals surface area contributed by atoms with E-state index in [-0.39, 0.29) is 11.9 Å². The van der Waals surface area contributed by atoms with E-state index in [2.05, 4.69) is 46.5 Å². The molecule has 0 saturated heterocycles. The van der Waals surface area contributed by atoms with Crippen molar-refractivity contribution in [1.29, 1.82) is 0 Å². The lowest BCUT2D eigenvalue weighted by atomic mass is 10.0. The molecule has 0 aliphatic carbocycles. The molecule has 4 heteroatoms. The highest BCUT2D eigenvalue weighted by Crippen LogP contribution is 2.17. The second-order valence-corrected chi connectivity index (χ2v) is 6.55. The summed E-state index contributed by atoms with van der Waals surface area (Å²) in [6.45, 7) is 4.00. The third kappa shape index (κ3) is 4.99. The molecule has 1 unspecified atom stereocenters. The molecule has 0 bridgehead atoms. The van der Waals surface area contributed by atoms with Crippen LogP contribution in [0.5, 0.6) is 0 Å². The highest BCUT2D eigenvalue weighted by atomic mass is 16.1. The van der Waals surface area contributed by atoms with Gasteiger partial charge >= 0.3 is 0 Å². The van der Waals surface area contributed by atoms with Crippen LogP contribution in [0.4, 0.5) is 0 Å². The van der Waals surface area contributed by atoms with Gasteiger partial charge in [0.1, 0.15) is 0 Å². The SMILES string of the molecule is Cc1ccc(CC(NC(=O)Cc2ccc(C)nc2)c2ccccn2)cc1. The van der Waals surface area contributed by atoms with Gasteiger partial charge in [0.05, 0.1) is 18.2 Å². The largest absolute Gasteiger partial charge is 0.347 e. The fraction of sp³-hybridized carbons (Fsp3) is 0.227. The number of hydrogen-bond acceptors (Lipinski definition) is 3. The Morgan fingerprint density at radius 2 is 1.73 bits per heavy atom. The maximum Gasteiger partial charge on any atom is 0.225 e. The summed E-state index contributed by atoms with van der Waals surface area (Å²) in [6.07, 6.45) is 4.53. The molecular formula is C22H23N3O. The quantitative estimate of drug-likeness (QED) is 0.740. The van der Waals surface area contributed by atoms with Gasteiger partial charge in [0.15, 0.2) is 0 Å². The predicted molar refractivity (Wildman–Crippen MR) is 103 cm³/mol. The standard InChI is InChI=1S/C22H23N3O/c1-16-6-9-18(10-7-16)13-21(20-5-3-4-12-23-20)25-22(26)14-19-11-8-17(2)24-15-19/h3-12,15,21H,13-14H2,1-2H3,(H,25,26). The minimum atomic E-state index is -0.162. The average molecular weight is 345 g/mol. The van der Waals surface area contributed by atoms with Gasteiger partial charge in [0.25, 0.3) is 0 Å². The van der Waals surface area contributed by atoms with Gasteiger partial charge in [-0.3, -0.25) is 14.8 Å². The molecule has 1 amide bonds. The van der Waals surface area contributed by atoms with Crippen molar-refractivity contribution in [3.8, 4) is 0 Å². The summed E-state index contributed by atoms with van der Waals surface area (Å²) in [5.41, 5.74) is 5.11. The molecule has 0 aliphatic heterocycles. The summed E-state index contributed by atoms with van der Waals surface area (Å²) in [5.74, 6) is -0.0292. The number of benzene rings is 1. The van der Waals surface area contributed by atoms with Crippen molar-refractivity contribution >= 4 is 5.91 Å². The van der Waals surface area contributed by atoms with Crippen molar-refractivity contribution in [3.63, 3.8) is 0 Å². The zero-order valence-electron chi connectivity index (χ0n) is 15.1. The van der Waals surface area contributed by atoms with E-state index in [1.807, 2.05) is 37.3 Å². The van der Waals surface area contributed by atoms with Crippen molar-refractivity contribution in [2.24, 2.45) is 0 Å². The van der Waals surface area contributed by atoms with Gasteiger partial charge in [-0.05, 0) is 49.6 Å². The van der Waals surface area contributed by atoms with Gasteiger partial charge in [-0.1, -0.05) is 42.0 Å². The molecule has 4 nitrogen and oxygen atoms in total. The number of pyridine rings is 2. The van der Waals surface area contributed by atoms with Crippen molar-refractivity contribution in [2.45, 2.75) is 32.7 Å². The van der Waals surface area contributed by atoms with Crippen LogP contribution in [0.25, 0.3) is 0 Å². The molecule has 0 fully saturated rings. The van der Waals surface area contributed by atoms with Crippen molar-refractivity contribution in [2.75, 3.05) is 0 Å². The van der Waals surface area contributed by atoms with Gasteiger partial charge in [0, 0.05) is 18.1 Å². The summed E-state index contributed by atoms with van der Waals surface area (Å²) in [5, 5.41) is 3.13. The summed E-state index contributed by atoms with van der Waals surface area (Å²) in [6, 6.07) is 17.9. The lowest BCUT2D eigenvalue weighted by Gasteiger charge is -2.19. The summed E-state index contributed by atoms with van der Waals surface area (Å²) < 4.78 is 0. The molecule has 3 rings (SSSR count). The molecule has 0 saturated carbocycles. The van der Waals surface area contributed by atoms with Crippen LogP contribution in [-0.2, 0) is 17.6 Å². The molecule has 2 heterocycles. The molecule has 2 aromatic heterocycles. The molecule has 1 aromatic carbocycles. The van der Waals surface area contributed by atoms with Crippen LogP contribution in [0.15, 0.2) is 67.0 Å². The number of nitrogens with one attached hydrogen (secondary N) is 1. The summed E-state index contributed by atoms with van der Waals surface area (Å²) >= 11 is 0. The minimum absolute atomic E-state index is 0.0292. The Hall–Kier alpha value is -3.01. The van der Waals surface area contributed by atoms with E-state index >= 15 is 0 Å². The Morgan fingerprint density at radius 3 is 2.38 bits per heavy atom. The fourth-order valence-electron chi connectivity index (χ4n) is 2.81. The van der Waals surface area contributed by atoms with E-state index in [0.29, 0.717) is 12.8 Å². The Morgan fingerprint density at radius 1 is 0.962 bits per heavy atom. The van der Waals surface area contributed by atoms with Gasteiger partial charge in [-0.15, -0.1) is 0 Å². The number of carbonyl (C=O) groups is 1. The number of hydrogen-bond donors (Lipinski definition) is 1. The Bertz CT molecular complexity index is 843.